The van der Waals surface area contributed by atoms with E-state index in [1.165, 1.54) is 64.2 Å². The van der Waals surface area contributed by atoms with Crippen molar-refractivity contribution in [2.45, 2.75) is 81.7 Å². The van der Waals surface area contributed by atoms with Crippen LogP contribution in [0.15, 0.2) is 23.4 Å². The smallest absolute Gasteiger partial charge is 0.131 e. The Balaban J connectivity index is 1.38. The molecule has 0 saturated carbocycles. The van der Waals surface area contributed by atoms with Crippen LogP contribution in [-0.2, 0) is 0 Å². The van der Waals surface area contributed by atoms with Gasteiger partial charge in [-0.3, -0.25) is 5.32 Å². The predicted molar refractivity (Wildman–Crippen MR) is 97.4 cm³/mol. The van der Waals surface area contributed by atoms with Crippen LogP contribution in [-0.4, -0.2) is 17.0 Å². The second kappa shape index (κ2) is 10.9. The molecule has 3 nitrogen and oxygen atoms in total. The van der Waals surface area contributed by atoms with Crippen LogP contribution in [0.4, 0.5) is 5.69 Å². The van der Waals surface area contributed by atoms with Crippen LogP contribution in [0.2, 0.25) is 0 Å². The number of hydrogen-bond acceptors (Lipinski definition) is 4. The van der Waals surface area contributed by atoms with Crippen LogP contribution in [0.3, 0.4) is 0 Å². The normalized spacial score (nSPS) is 16.5. The third-order valence-corrected chi connectivity index (χ3v) is 5.22. The van der Waals surface area contributed by atoms with Gasteiger partial charge in [-0.1, -0.05) is 76.5 Å². The molecule has 0 aliphatic carbocycles. The van der Waals surface area contributed by atoms with Gasteiger partial charge in [0, 0.05) is 6.20 Å². The van der Waals surface area contributed by atoms with E-state index in [0.29, 0.717) is 5.50 Å². The number of nitrogens with zero attached hydrogens (tertiary/aromatic N) is 1. The molecular weight excluding hydrogens is 290 g/mol. The quantitative estimate of drug-likeness (QED) is 0.506. The van der Waals surface area contributed by atoms with Gasteiger partial charge in [0.1, 0.15) is 10.5 Å². The van der Waals surface area contributed by atoms with Gasteiger partial charge < -0.3 is 5.32 Å². The lowest BCUT2D eigenvalue weighted by Gasteiger charge is -2.12. The highest BCUT2D eigenvalue weighted by atomic mass is 32.2. The number of anilines is 1. The maximum atomic E-state index is 4.37. The molecule has 1 aromatic heterocycles. The zero-order valence-corrected chi connectivity index (χ0v) is 14.8. The molecule has 0 amide bonds. The van der Waals surface area contributed by atoms with E-state index >= 15 is 0 Å². The summed E-state index contributed by atoms with van der Waals surface area (Å²) < 4.78 is 0. The van der Waals surface area contributed by atoms with Crippen molar-refractivity contribution in [3.8, 4) is 0 Å². The van der Waals surface area contributed by atoms with E-state index < -0.39 is 0 Å². The number of thioether (sulfide) groups is 1. The Morgan fingerprint density at radius 1 is 1.05 bits per heavy atom. The first kappa shape index (κ1) is 17.6. The summed E-state index contributed by atoms with van der Waals surface area (Å²) in [6.45, 7) is 3.37. The second-order valence-corrected chi connectivity index (χ2v) is 7.23. The van der Waals surface area contributed by atoms with Gasteiger partial charge >= 0.3 is 0 Å². The molecule has 124 valence electrons. The molecule has 1 atom stereocenters. The summed E-state index contributed by atoms with van der Waals surface area (Å²) in [7, 11) is 0. The molecular formula is C18H31N3S. The van der Waals surface area contributed by atoms with E-state index in [0.717, 1.165) is 17.3 Å². The minimum atomic E-state index is 0.295. The Labute approximate surface area is 140 Å². The number of fused-ring (bicyclic) bond motifs is 1. The fourth-order valence-corrected chi connectivity index (χ4v) is 3.80. The number of nitrogens with one attached hydrogen (secondary N) is 2. The molecule has 1 aromatic rings. The van der Waals surface area contributed by atoms with E-state index in [1.54, 1.807) is 11.8 Å². The average Bonchev–Trinajstić information content (AvgIpc) is 2.95. The maximum Gasteiger partial charge on any atom is 0.131 e. The molecule has 0 aromatic carbocycles. The molecule has 1 aliphatic rings. The fraction of sp³-hybridized carbons (Fsp3) is 0.722. The Kier molecular flexibility index (Phi) is 8.72. The largest absolute Gasteiger partial charge is 0.359 e. The highest BCUT2D eigenvalue weighted by molar-refractivity contribution is 8.00. The predicted octanol–water partition coefficient (Wildman–Crippen LogP) is 5.39. The molecule has 4 heteroatoms. The standard InChI is InChI=1S/C18H31N3S/c1-2-3-4-5-6-7-8-9-10-11-14-20-18-21-16-13-12-15-19-17(16)22-18/h12-13,15,18,20-21H,2-11,14H2,1H3. The summed E-state index contributed by atoms with van der Waals surface area (Å²) in [4.78, 5) is 4.37. The topological polar surface area (TPSA) is 37.0 Å². The van der Waals surface area contributed by atoms with Crippen LogP contribution < -0.4 is 10.6 Å². The Morgan fingerprint density at radius 3 is 2.41 bits per heavy atom. The number of hydrogen-bond donors (Lipinski definition) is 2. The summed E-state index contributed by atoms with van der Waals surface area (Å²) in [5.74, 6) is 0. The monoisotopic (exact) mass is 321 g/mol. The van der Waals surface area contributed by atoms with Crippen molar-refractivity contribution in [1.82, 2.24) is 10.3 Å². The zero-order chi connectivity index (χ0) is 15.5. The van der Waals surface area contributed by atoms with Gasteiger partial charge in [0.2, 0.25) is 0 Å². The number of aromatic nitrogens is 1. The van der Waals surface area contributed by atoms with Gasteiger partial charge in [-0.05, 0) is 25.1 Å². The molecule has 2 rings (SSSR count). The Hall–Kier alpha value is -0.740. The zero-order valence-electron chi connectivity index (χ0n) is 13.9. The highest BCUT2D eigenvalue weighted by Gasteiger charge is 2.20. The minimum absolute atomic E-state index is 0.295. The third kappa shape index (κ3) is 6.57. The van der Waals surface area contributed by atoms with Gasteiger partial charge in [0.15, 0.2) is 0 Å². The number of rotatable bonds is 12. The van der Waals surface area contributed by atoms with Gasteiger partial charge in [-0.2, -0.15) is 0 Å². The van der Waals surface area contributed by atoms with Crippen LogP contribution in [0.1, 0.15) is 71.1 Å². The maximum absolute atomic E-state index is 4.37. The number of pyridine rings is 1. The molecule has 1 unspecified atom stereocenters. The van der Waals surface area contributed by atoms with Crippen molar-refractivity contribution >= 4 is 17.4 Å². The molecule has 0 spiro atoms. The molecule has 0 radical (unpaired) electrons. The van der Waals surface area contributed by atoms with Crippen molar-refractivity contribution < 1.29 is 0 Å². The Bertz CT molecular complexity index is 386. The van der Waals surface area contributed by atoms with Crippen molar-refractivity contribution in [1.29, 1.82) is 0 Å². The lowest BCUT2D eigenvalue weighted by Crippen LogP contribution is -2.31. The van der Waals surface area contributed by atoms with Crippen LogP contribution >= 0.6 is 11.8 Å². The van der Waals surface area contributed by atoms with Crippen molar-refractivity contribution in [3.05, 3.63) is 18.3 Å². The van der Waals surface area contributed by atoms with Crippen molar-refractivity contribution in [2.24, 2.45) is 0 Å². The fourth-order valence-electron chi connectivity index (χ4n) is 2.82. The van der Waals surface area contributed by atoms with Gasteiger partial charge in [0.05, 0.1) is 5.69 Å². The molecule has 22 heavy (non-hydrogen) atoms. The number of unbranched alkanes of at least 4 members (excludes halogenated alkanes) is 9. The minimum Gasteiger partial charge on any atom is -0.359 e. The summed E-state index contributed by atoms with van der Waals surface area (Å²) in [5, 5.41) is 8.14. The van der Waals surface area contributed by atoms with Gasteiger partial charge in [-0.15, -0.1) is 0 Å². The van der Waals surface area contributed by atoms with E-state index in [9.17, 15) is 0 Å². The molecule has 2 N–H and O–H groups in total. The van der Waals surface area contributed by atoms with Crippen LogP contribution in [0, 0.1) is 0 Å². The summed E-state index contributed by atoms with van der Waals surface area (Å²) in [6, 6.07) is 4.08. The van der Waals surface area contributed by atoms with E-state index in [1.807, 2.05) is 12.3 Å². The lowest BCUT2D eigenvalue weighted by molar-refractivity contribution is 0.544. The molecule has 0 fully saturated rings. The van der Waals surface area contributed by atoms with Crippen molar-refractivity contribution in [2.75, 3.05) is 11.9 Å². The van der Waals surface area contributed by atoms with Crippen LogP contribution in [0.25, 0.3) is 0 Å². The lowest BCUT2D eigenvalue weighted by atomic mass is 10.1. The van der Waals surface area contributed by atoms with Crippen molar-refractivity contribution in [3.63, 3.8) is 0 Å². The molecule has 0 bridgehead atoms. The first-order valence-electron chi connectivity index (χ1n) is 9.01. The van der Waals surface area contributed by atoms with E-state index in [2.05, 4.69) is 28.6 Å². The van der Waals surface area contributed by atoms with E-state index in [-0.39, 0.29) is 0 Å². The third-order valence-electron chi connectivity index (χ3n) is 4.15. The average molecular weight is 322 g/mol. The SMILES string of the molecule is CCCCCCCCCCCCNC1Nc2cccnc2S1. The first-order chi connectivity index (χ1) is 10.9. The van der Waals surface area contributed by atoms with Gasteiger partial charge in [-0.25, -0.2) is 4.98 Å². The second-order valence-electron chi connectivity index (χ2n) is 6.13. The highest BCUT2D eigenvalue weighted by Crippen LogP contribution is 2.34. The van der Waals surface area contributed by atoms with E-state index in [4.69, 9.17) is 0 Å². The molecule has 2 heterocycles. The summed E-state index contributed by atoms with van der Waals surface area (Å²) in [6.07, 6.45) is 15.8. The van der Waals surface area contributed by atoms with Gasteiger partial charge in [0.25, 0.3) is 0 Å². The summed E-state index contributed by atoms with van der Waals surface area (Å²) in [5.41, 5.74) is 1.46. The van der Waals surface area contributed by atoms with Crippen LogP contribution in [0.5, 0.6) is 0 Å². The molecule has 1 aliphatic heterocycles. The summed E-state index contributed by atoms with van der Waals surface area (Å²) >= 11 is 1.78. The first-order valence-corrected chi connectivity index (χ1v) is 9.89. The Morgan fingerprint density at radius 2 is 1.73 bits per heavy atom. The molecule has 0 saturated heterocycles.